The molecule has 9 heteroatoms. The van der Waals surface area contributed by atoms with Crippen molar-refractivity contribution in [2.24, 2.45) is 0 Å². The van der Waals surface area contributed by atoms with Crippen LogP contribution in [0.25, 0.3) is 0 Å². The van der Waals surface area contributed by atoms with Crippen molar-refractivity contribution >= 4 is 5.97 Å². The number of halogens is 6. The first-order valence-corrected chi connectivity index (χ1v) is 5.66. The van der Waals surface area contributed by atoms with Crippen LogP contribution in [0.3, 0.4) is 0 Å². The number of esters is 1. The molecule has 0 amide bonds. The van der Waals surface area contributed by atoms with Gasteiger partial charge in [-0.15, -0.1) is 0 Å². The summed E-state index contributed by atoms with van der Waals surface area (Å²) < 4.78 is 79.1. The van der Waals surface area contributed by atoms with Crippen LogP contribution in [0.1, 0.15) is 26.2 Å². The average molecular weight is 306 g/mol. The van der Waals surface area contributed by atoms with Crippen molar-refractivity contribution in [1.82, 2.24) is 0 Å². The maximum Gasteiger partial charge on any atom is 0.437 e. The molecule has 1 N–H and O–H groups in total. The summed E-state index contributed by atoms with van der Waals surface area (Å²) >= 11 is 0. The third-order valence-corrected chi connectivity index (χ3v) is 3.17. The van der Waals surface area contributed by atoms with Gasteiger partial charge in [0.15, 0.2) is 0 Å². The van der Waals surface area contributed by atoms with E-state index in [1.807, 2.05) is 0 Å². The van der Waals surface area contributed by atoms with Crippen molar-refractivity contribution in [3.63, 3.8) is 0 Å². The molecule has 0 aromatic heterocycles. The van der Waals surface area contributed by atoms with Crippen LogP contribution in [0.5, 0.6) is 0 Å². The lowest BCUT2D eigenvalue weighted by molar-refractivity contribution is -0.358. The third-order valence-electron chi connectivity index (χ3n) is 3.17. The Morgan fingerprint density at radius 2 is 1.75 bits per heavy atom. The second-order valence-corrected chi connectivity index (χ2v) is 4.45. The van der Waals surface area contributed by atoms with Crippen molar-refractivity contribution < 1.29 is 41.0 Å². The van der Waals surface area contributed by atoms with E-state index in [0.29, 0.717) is 6.42 Å². The first-order chi connectivity index (χ1) is 8.90. The van der Waals surface area contributed by atoms with Crippen LogP contribution < -0.4 is 0 Å². The molecule has 0 saturated heterocycles. The summed E-state index contributed by atoms with van der Waals surface area (Å²) in [5.41, 5.74) is -7.07. The molecule has 116 valence electrons. The Morgan fingerprint density at radius 1 is 1.25 bits per heavy atom. The Labute approximate surface area is 110 Å². The van der Waals surface area contributed by atoms with Gasteiger partial charge in [0.2, 0.25) is 0 Å². The first-order valence-electron chi connectivity index (χ1n) is 5.66. The molecule has 0 aromatic rings. The fraction of sp³-hybridized carbons (Fsp3) is 0.727. The Morgan fingerprint density at radius 3 is 2.05 bits per heavy atom. The number of rotatable bonds is 3. The predicted octanol–water partition coefficient (Wildman–Crippen LogP) is 2.88. The molecule has 3 nitrogen and oxygen atoms in total. The van der Waals surface area contributed by atoms with Crippen LogP contribution in [0.2, 0.25) is 0 Å². The van der Waals surface area contributed by atoms with Crippen molar-refractivity contribution in [2.75, 3.05) is 0 Å². The minimum atomic E-state index is -6.22. The minimum absolute atomic E-state index is 0.00103. The number of carbonyl (C=O) groups is 1. The molecule has 1 unspecified atom stereocenters. The summed E-state index contributed by atoms with van der Waals surface area (Å²) in [5, 5.41) is 8.87. The van der Waals surface area contributed by atoms with Crippen LogP contribution in [0.4, 0.5) is 26.3 Å². The minimum Gasteiger partial charge on any atom is -0.452 e. The van der Waals surface area contributed by atoms with Crippen LogP contribution in [-0.4, -0.2) is 34.6 Å². The van der Waals surface area contributed by atoms with Gasteiger partial charge in [-0.2, -0.15) is 26.3 Å². The lowest BCUT2D eigenvalue weighted by atomic mass is 9.98. The average Bonchev–Trinajstić information content (AvgIpc) is 2.74. The van der Waals surface area contributed by atoms with Crippen molar-refractivity contribution in [1.29, 1.82) is 0 Å². The summed E-state index contributed by atoms with van der Waals surface area (Å²) in [6.07, 6.45) is -9.30. The molecule has 0 heterocycles. The van der Waals surface area contributed by atoms with E-state index in [2.05, 4.69) is 4.74 Å². The number of hydrogen-bond donors (Lipinski definition) is 1. The van der Waals surface area contributed by atoms with E-state index in [1.165, 1.54) is 19.1 Å². The Kier molecular flexibility index (Phi) is 4.15. The van der Waals surface area contributed by atoms with Crippen molar-refractivity contribution in [2.45, 2.75) is 49.7 Å². The first kappa shape index (κ1) is 16.8. The zero-order chi connectivity index (χ0) is 15.8. The lowest BCUT2D eigenvalue weighted by Crippen LogP contribution is -2.64. The van der Waals surface area contributed by atoms with Crippen LogP contribution in [0, 0.1) is 0 Å². The van der Waals surface area contributed by atoms with E-state index in [-0.39, 0.29) is 12.8 Å². The van der Waals surface area contributed by atoms with Gasteiger partial charge in [-0.3, -0.25) is 0 Å². The van der Waals surface area contributed by atoms with E-state index in [1.54, 1.807) is 0 Å². The van der Waals surface area contributed by atoms with E-state index >= 15 is 0 Å². The van der Waals surface area contributed by atoms with E-state index in [9.17, 15) is 31.1 Å². The van der Waals surface area contributed by atoms with Gasteiger partial charge in [-0.25, -0.2) is 4.79 Å². The van der Waals surface area contributed by atoms with E-state index < -0.39 is 29.5 Å². The summed E-state index contributed by atoms with van der Waals surface area (Å²) in [5.74, 6) is -2.76. The zero-order valence-corrected chi connectivity index (χ0v) is 10.3. The summed E-state index contributed by atoms with van der Waals surface area (Å²) in [7, 11) is 0. The molecule has 0 fully saturated rings. The van der Waals surface area contributed by atoms with Gasteiger partial charge >= 0.3 is 23.9 Å². The molecule has 0 spiro atoms. The molecule has 20 heavy (non-hydrogen) atoms. The maximum atomic E-state index is 12.5. The monoisotopic (exact) mass is 306 g/mol. The number of hydrogen-bond acceptors (Lipinski definition) is 3. The van der Waals surface area contributed by atoms with Crippen LogP contribution >= 0.6 is 0 Å². The summed E-state index contributed by atoms with van der Waals surface area (Å²) in [6, 6.07) is 0. The molecule has 0 bridgehead atoms. The van der Waals surface area contributed by atoms with Crippen LogP contribution in [-0.2, 0) is 9.53 Å². The van der Waals surface area contributed by atoms with E-state index in [4.69, 9.17) is 5.11 Å². The Hall–Kier alpha value is -1.25. The standard InChI is InChI=1S/C11H12F6O3/c1-2-8(5-3-4-6-8)20-7(18)9(19,10(12,13)14)11(15,16)17/h3,5,19H,2,4,6H2,1H3. The molecular weight excluding hydrogens is 294 g/mol. The van der Waals surface area contributed by atoms with Gasteiger partial charge in [0.1, 0.15) is 5.60 Å². The highest BCUT2D eigenvalue weighted by molar-refractivity contribution is 5.82. The largest absolute Gasteiger partial charge is 0.452 e. The van der Waals surface area contributed by atoms with Gasteiger partial charge in [-0.1, -0.05) is 13.0 Å². The van der Waals surface area contributed by atoms with Crippen LogP contribution in [0.15, 0.2) is 12.2 Å². The number of alkyl halides is 6. The molecule has 0 saturated carbocycles. The van der Waals surface area contributed by atoms with Crippen molar-refractivity contribution in [3.05, 3.63) is 12.2 Å². The fourth-order valence-corrected chi connectivity index (χ4v) is 1.81. The number of aliphatic hydroxyl groups is 1. The highest BCUT2D eigenvalue weighted by Crippen LogP contribution is 2.45. The van der Waals surface area contributed by atoms with Gasteiger partial charge in [0.25, 0.3) is 0 Å². The smallest absolute Gasteiger partial charge is 0.437 e. The molecule has 1 aliphatic rings. The molecule has 0 aliphatic heterocycles. The molecular formula is C11H12F6O3. The topological polar surface area (TPSA) is 46.5 Å². The van der Waals surface area contributed by atoms with Gasteiger partial charge in [0.05, 0.1) is 0 Å². The summed E-state index contributed by atoms with van der Waals surface area (Å²) in [6.45, 7) is 1.45. The number of carbonyl (C=O) groups excluding carboxylic acids is 1. The molecule has 1 rings (SSSR count). The van der Waals surface area contributed by atoms with Crippen molar-refractivity contribution in [3.8, 4) is 0 Å². The second-order valence-electron chi connectivity index (χ2n) is 4.45. The zero-order valence-electron chi connectivity index (χ0n) is 10.3. The molecule has 1 aliphatic carbocycles. The number of ether oxygens (including phenoxy) is 1. The Bertz CT molecular complexity index is 397. The fourth-order valence-electron chi connectivity index (χ4n) is 1.81. The molecule has 1 atom stereocenters. The highest BCUT2D eigenvalue weighted by Gasteiger charge is 2.77. The quantitative estimate of drug-likeness (QED) is 0.495. The molecule has 0 radical (unpaired) electrons. The highest BCUT2D eigenvalue weighted by atomic mass is 19.4. The maximum absolute atomic E-state index is 12.5. The summed E-state index contributed by atoms with van der Waals surface area (Å²) in [4.78, 5) is 11.3. The van der Waals surface area contributed by atoms with Gasteiger partial charge in [-0.05, 0) is 25.3 Å². The second kappa shape index (κ2) is 4.94. The molecule has 0 aromatic carbocycles. The number of allylic oxidation sites excluding steroid dienone is 1. The van der Waals surface area contributed by atoms with Gasteiger partial charge < -0.3 is 9.84 Å². The third kappa shape index (κ3) is 2.63. The SMILES string of the molecule is CCC1(OC(=O)C(O)(C(F)(F)F)C(F)(F)F)C=CCC1. The Balaban J connectivity index is 3.11. The lowest BCUT2D eigenvalue weighted by Gasteiger charge is -2.34. The predicted molar refractivity (Wildman–Crippen MR) is 54.5 cm³/mol. The van der Waals surface area contributed by atoms with E-state index in [0.717, 1.165) is 0 Å². The van der Waals surface area contributed by atoms with Gasteiger partial charge in [0, 0.05) is 0 Å². The normalized spacial score (nSPS) is 24.0.